The van der Waals surface area contributed by atoms with Gasteiger partial charge in [0.05, 0.1) is 48.4 Å². The standard InChI is InChI=1S/C32H31Cl2N7O3/c1-43-31-18(15-35-16-19-10-12-26(42)39-19)9-11-24(40-31)22-7-3-5-20(27(22)33)21-6-4-8-23(28(21)34)25-17-38-29(32(41-25)44-2)30-36-13-14-37-30/h3-9,11,17,19,35H,10,12-16H2,1-2H3,(H,36,37)(H,39,42)/t19-/m0/s1. The summed E-state index contributed by atoms with van der Waals surface area (Å²) in [6, 6.07) is 15.5. The lowest BCUT2D eigenvalue weighted by molar-refractivity contribution is -0.119. The second kappa shape index (κ2) is 13.2. The molecule has 0 radical (unpaired) electrons. The maximum atomic E-state index is 11.5. The van der Waals surface area contributed by atoms with Crippen molar-refractivity contribution in [1.82, 2.24) is 30.9 Å². The number of aromatic nitrogens is 3. The van der Waals surface area contributed by atoms with Crippen molar-refractivity contribution >= 4 is 34.9 Å². The number of methoxy groups -OCH3 is 2. The van der Waals surface area contributed by atoms with Gasteiger partial charge in [-0.25, -0.2) is 15.0 Å². The zero-order chi connectivity index (χ0) is 30.6. The minimum Gasteiger partial charge on any atom is -0.481 e. The van der Waals surface area contributed by atoms with Crippen LogP contribution in [0.15, 0.2) is 59.7 Å². The zero-order valence-electron chi connectivity index (χ0n) is 24.3. The number of benzene rings is 2. The van der Waals surface area contributed by atoms with E-state index in [4.69, 9.17) is 42.6 Å². The molecule has 4 aromatic rings. The largest absolute Gasteiger partial charge is 0.481 e. The number of amidine groups is 1. The van der Waals surface area contributed by atoms with Crippen LogP contribution >= 0.6 is 23.2 Å². The fourth-order valence-electron chi connectivity index (χ4n) is 5.38. The third-order valence-corrected chi connectivity index (χ3v) is 8.41. The molecule has 0 bridgehead atoms. The molecule has 6 rings (SSSR count). The Labute approximate surface area is 265 Å². The molecule has 2 aromatic carbocycles. The summed E-state index contributed by atoms with van der Waals surface area (Å²) in [5, 5.41) is 10.5. The SMILES string of the molecule is COc1nc(-c2cccc(-c3cccc(-c4cnc(C5=NCCN5)c(OC)n4)c3Cl)c2Cl)ccc1CNC[C@@H]1CCC(=O)N1. The molecule has 12 heteroatoms. The van der Waals surface area contributed by atoms with Gasteiger partial charge in [-0.15, -0.1) is 0 Å². The van der Waals surface area contributed by atoms with Gasteiger partial charge in [-0.05, 0) is 12.5 Å². The van der Waals surface area contributed by atoms with Crippen molar-refractivity contribution in [1.29, 1.82) is 0 Å². The Morgan fingerprint density at radius 3 is 2.23 bits per heavy atom. The van der Waals surface area contributed by atoms with E-state index in [2.05, 4.69) is 25.9 Å². The number of amides is 1. The number of aliphatic imine (C=N–C) groups is 1. The highest BCUT2D eigenvalue weighted by molar-refractivity contribution is 6.39. The van der Waals surface area contributed by atoms with Crippen LogP contribution in [-0.2, 0) is 11.3 Å². The van der Waals surface area contributed by atoms with Crippen LogP contribution in [0.25, 0.3) is 33.6 Å². The maximum absolute atomic E-state index is 11.5. The first-order chi connectivity index (χ1) is 21.5. The van der Waals surface area contributed by atoms with Crippen LogP contribution in [-0.4, -0.2) is 66.6 Å². The molecule has 0 saturated carbocycles. The Bertz CT molecular complexity index is 1750. The summed E-state index contributed by atoms with van der Waals surface area (Å²) >= 11 is 14.1. The highest BCUT2D eigenvalue weighted by Crippen LogP contribution is 2.42. The lowest BCUT2D eigenvalue weighted by Crippen LogP contribution is -2.35. The van der Waals surface area contributed by atoms with Gasteiger partial charge in [0, 0.05) is 59.9 Å². The average Bonchev–Trinajstić information content (AvgIpc) is 3.73. The van der Waals surface area contributed by atoms with Crippen LogP contribution in [0.5, 0.6) is 11.8 Å². The van der Waals surface area contributed by atoms with E-state index >= 15 is 0 Å². The van der Waals surface area contributed by atoms with Crippen molar-refractivity contribution in [2.24, 2.45) is 4.99 Å². The number of carbonyl (C=O) groups is 1. The summed E-state index contributed by atoms with van der Waals surface area (Å²) in [6.45, 7) is 2.67. The number of hydrogen-bond acceptors (Lipinski definition) is 9. The minimum atomic E-state index is 0.100. The molecule has 10 nitrogen and oxygen atoms in total. The molecule has 0 aliphatic carbocycles. The lowest BCUT2D eigenvalue weighted by atomic mass is 9.98. The normalized spacial score (nSPS) is 16.0. The number of pyridine rings is 1. The Kier molecular flexibility index (Phi) is 8.92. The fraction of sp³-hybridized carbons (Fsp3) is 0.281. The molecule has 3 N–H and O–H groups in total. The Morgan fingerprint density at radius 2 is 1.59 bits per heavy atom. The number of halogens is 2. The van der Waals surface area contributed by atoms with Crippen LogP contribution in [0.2, 0.25) is 10.0 Å². The Hall–Kier alpha value is -4.25. The Morgan fingerprint density at radius 1 is 0.909 bits per heavy atom. The molecular formula is C32H31Cl2N7O3. The van der Waals surface area contributed by atoms with Crippen LogP contribution in [0.1, 0.15) is 24.1 Å². The molecule has 2 aromatic heterocycles. The summed E-state index contributed by atoms with van der Waals surface area (Å²) in [4.78, 5) is 30.0. The van der Waals surface area contributed by atoms with E-state index in [1.54, 1.807) is 20.4 Å². The van der Waals surface area contributed by atoms with E-state index in [1.807, 2.05) is 48.5 Å². The first-order valence-corrected chi connectivity index (χ1v) is 15.0. The van der Waals surface area contributed by atoms with E-state index in [-0.39, 0.29) is 11.9 Å². The smallest absolute Gasteiger partial charge is 0.244 e. The van der Waals surface area contributed by atoms with E-state index in [1.165, 1.54) is 0 Å². The van der Waals surface area contributed by atoms with Crippen molar-refractivity contribution < 1.29 is 14.3 Å². The Balaban J connectivity index is 1.27. The third kappa shape index (κ3) is 6.06. The van der Waals surface area contributed by atoms with Gasteiger partial charge >= 0.3 is 0 Å². The number of rotatable bonds is 10. The molecule has 1 fully saturated rings. The van der Waals surface area contributed by atoms with Crippen molar-refractivity contribution in [2.75, 3.05) is 33.9 Å². The van der Waals surface area contributed by atoms with E-state index in [0.717, 1.165) is 35.2 Å². The van der Waals surface area contributed by atoms with Gasteiger partial charge in [-0.3, -0.25) is 9.79 Å². The highest BCUT2D eigenvalue weighted by atomic mass is 35.5. The number of nitrogens with zero attached hydrogens (tertiary/aromatic N) is 4. The molecule has 1 amide bonds. The van der Waals surface area contributed by atoms with Gasteiger partial charge in [-0.1, -0.05) is 65.7 Å². The van der Waals surface area contributed by atoms with Crippen molar-refractivity contribution in [2.45, 2.75) is 25.4 Å². The topological polar surface area (TPSA) is 123 Å². The van der Waals surface area contributed by atoms with E-state index < -0.39 is 0 Å². The summed E-state index contributed by atoms with van der Waals surface area (Å²) < 4.78 is 11.2. The number of hydrogen-bond donors (Lipinski definition) is 3. The molecular weight excluding hydrogens is 601 g/mol. The number of carbonyl (C=O) groups excluding carboxylic acids is 1. The predicted molar refractivity (Wildman–Crippen MR) is 172 cm³/mol. The molecule has 1 atom stereocenters. The lowest BCUT2D eigenvalue weighted by Gasteiger charge is -2.16. The first kappa shape index (κ1) is 29.8. The summed E-state index contributed by atoms with van der Waals surface area (Å²) in [5.74, 6) is 1.63. The number of ether oxygens (including phenoxy) is 2. The summed E-state index contributed by atoms with van der Waals surface area (Å²) in [7, 11) is 3.15. The minimum absolute atomic E-state index is 0.100. The van der Waals surface area contributed by atoms with Gasteiger partial charge in [0.2, 0.25) is 17.7 Å². The van der Waals surface area contributed by atoms with E-state index in [0.29, 0.717) is 76.3 Å². The second-order valence-electron chi connectivity index (χ2n) is 10.4. The molecule has 0 spiro atoms. The molecule has 2 aliphatic rings. The van der Waals surface area contributed by atoms with Crippen LogP contribution in [0, 0.1) is 0 Å². The van der Waals surface area contributed by atoms with Gasteiger partial charge in [-0.2, -0.15) is 0 Å². The van der Waals surface area contributed by atoms with E-state index in [9.17, 15) is 4.79 Å². The first-order valence-electron chi connectivity index (χ1n) is 14.3. The quantitative estimate of drug-likeness (QED) is 0.226. The van der Waals surface area contributed by atoms with Crippen LogP contribution in [0.3, 0.4) is 0 Å². The number of nitrogens with one attached hydrogen (secondary N) is 3. The maximum Gasteiger partial charge on any atom is 0.244 e. The second-order valence-corrected chi connectivity index (χ2v) is 11.2. The van der Waals surface area contributed by atoms with Crippen molar-refractivity contribution in [3.63, 3.8) is 0 Å². The van der Waals surface area contributed by atoms with Crippen LogP contribution < -0.4 is 25.4 Å². The van der Waals surface area contributed by atoms with Gasteiger partial charge in [0.25, 0.3) is 0 Å². The van der Waals surface area contributed by atoms with Crippen LogP contribution in [0.4, 0.5) is 0 Å². The molecule has 2 aliphatic heterocycles. The highest BCUT2D eigenvalue weighted by Gasteiger charge is 2.22. The molecule has 44 heavy (non-hydrogen) atoms. The third-order valence-electron chi connectivity index (χ3n) is 7.60. The van der Waals surface area contributed by atoms with Gasteiger partial charge in [0.15, 0.2) is 11.5 Å². The molecule has 1 saturated heterocycles. The molecule has 226 valence electrons. The fourth-order valence-corrected chi connectivity index (χ4v) is 6.03. The summed E-state index contributed by atoms with van der Waals surface area (Å²) in [6.07, 6.45) is 3.08. The zero-order valence-corrected chi connectivity index (χ0v) is 25.8. The molecule has 0 unspecified atom stereocenters. The van der Waals surface area contributed by atoms with Gasteiger partial charge < -0.3 is 25.4 Å². The average molecular weight is 633 g/mol. The van der Waals surface area contributed by atoms with Gasteiger partial charge in [0.1, 0.15) is 0 Å². The summed E-state index contributed by atoms with van der Waals surface area (Å²) in [5.41, 5.74) is 5.63. The van der Waals surface area contributed by atoms with Crippen molar-refractivity contribution in [3.8, 4) is 45.4 Å². The monoisotopic (exact) mass is 631 g/mol. The molecule has 4 heterocycles. The van der Waals surface area contributed by atoms with Crippen molar-refractivity contribution in [3.05, 3.63) is 76.0 Å². The predicted octanol–water partition coefficient (Wildman–Crippen LogP) is 4.91.